The maximum Gasteiger partial charge on any atom is 0.257 e. The summed E-state index contributed by atoms with van der Waals surface area (Å²) in [4.78, 5) is 34.3. The summed E-state index contributed by atoms with van der Waals surface area (Å²) in [6.07, 6.45) is 9.31. The molecule has 0 radical (unpaired) electrons. The van der Waals surface area contributed by atoms with Gasteiger partial charge in [0.05, 0.1) is 11.7 Å². The van der Waals surface area contributed by atoms with Crippen molar-refractivity contribution in [1.82, 2.24) is 24.4 Å². The highest BCUT2D eigenvalue weighted by Crippen LogP contribution is 2.38. The molecule has 1 fully saturated rings. The van der Waals surface area contributed by atoms with Gasteiger partial charge in [0.15, 0.2) is 5.16 Å². The van der Waals surface area contributed by atoms with Crippen LogP contribution in [0.5, 0.6) is 0 Å². The molecular weight excluding hydrogens is 362 g/mol. The van der Waals surface area contributed by atoms with Crippen LogP contribution in [0, 0.1) is 0 Å². The van der Waals surface area contributed by atoms with E-state index < -0.39 is 0 Å². The Morgan fingerprint density at radius 3 is 3.07 bits per heavy atom. The zero-order chi connectivity index (χ0) is 18.4. The fraction of sp³-hybridized carbons (Fsp3) is 0.579. The molecule has 5 rings (SSSR count). The van der Waals surface area contributed by atoms with Crippen molar-refractivity contribution in [3.05, 3.63) is 39.8 Å². The number of aromatic nitrogens is 4. The highest BCUT2D eigenvalue weighted by Gasteiger charge is 2.31. The van der Waals surface area contributed by atoms with Gasteiger partial charge in [0, 0.05) is 49.1 Å². The van der Waals surface area contributed by atoms with Crippen LogP contribution >= 0.6 is 11.8 Å². The van der Waals surface area contributed by atoms with Crippen LogP contribution < -0.4 is 10.9 Å². The number of rotatable bonds is 6. The molecule has 2 aromatic heterocycles. The summed E-state index contributed by atoms with van der Waals surface area (Å²) >= 11 is 1.59. The van der Waals surface area contributed by atoms with Gasteiger partial charge in [0.2, 0.25) is 5.91 Å². The fourth-order valence-electron chi connectivity index (χ4n) is 4.12. The van der Waals surface area contributed by atoms with E-state index in [0.717, 1.165) is 53.8 Å². The molecule has 1 saturated carbocycles. The van der Waals surface area contributed by atoms with Gasteiger partial charge in [-0.3, -0.25) is 14.2 Å². The van der Waals surface area contributed by atoms with E-state index in [1.165, 1.54) is 12.8 Å². The number of amides is 1. The van der Waals surface area contributed by atoms with Crippen LogP contribution in [0.2, 0.25) is 0 Å². The molecule has 1 amide bonds. The highest BCUT2D eigenvalue weighted by atomic mass is 32.2. The van der Waals surface area contributed by atoms with Crippen LogP contribution in [-0.4, -0.2) is 37.3 Å². The Kier molecular flexibility index (Phi) is 4.30. The summed E-state index contributed by atoms with van der Waals surface area (Å²) < 4.78 is 3.89. The summed E-state index contributed by atoms with van der Waals surface area (Å²) in [5.74, 6) is 2.47. The first-order valence-corrected chi connectivity index (χ1v) is 10.7. The van der Waals surface area contributed by atoms with E-state index in [1.807, 2.05) is 12.4 Å². The van der Waals surface area contributed by atoms with Gasteiger partial charge >= 0.3 is 0 Å². The molecule has 0 bridgehead atoms. The van der Waals surface area contributed by atoms with Gasteiger partial charge in [0.25, 0.3) is 5.56 Å². The maximum atomic E-state index is 12.8. The number of thioether (sulfide) groups is 1. The molecule has 3 aliphatic rings. The summed E-state index contributed by atoms with van der Waals surface area (Å²) in [5.41, 5.74) is 1.90. The highest BCUT2D eigenvalue weighted by molar-refractivity contribution is 7.99. The molecule has 1 aliphatic heterocycles. The Morgan fingerprint density at radius 2 is 2.22 bits per heavy atom. The molecule has 0 aromatic carbocycles. The SMILES string of the molecule is O=C(CC1CSc2nc3c(c(=O)n21)CCC3)NCCn1ccnc1C1CC1. The lowest BCUT2D eigenvalue weighted by Gasteiger charge is -2.15. The summed E-state index contributed by atoms with van der Waals surface area (Å²) in [5, 5.41) is 3.79. The molecule has 8 heteroatoms. The van der Waals surface area contributed by atoms with Gasteiger partial charge in [-0.25, -0.2) is 9.97 Å². The van der Waals surface area contributed by atoms with Crippen molar-refractivity contribution in [3.8, 4) is 0 Å². The predicted octanol–water partition coefficient (Wildman–Crippen LogP) is 1.66. The van der Waals surface area contributed by atoms with Crippen molar-refractivity contribution in [1.29, 1.82) is 0 Å². The van der Waals surface area contributed by atoms with Crippen molar-refractivity contribution in [2.75, 3.05) is 12.3 Å². The number of hydrogen-bond acceptors (Lipinski definition) is 5. The Balaban J connectivity index is 1.20. The standard InChI is InChI=1S/C19H23N5O2S/c25-16(20-6-8-23-9-7-21-17(23)12-4-5-12)10-13-11-27-19-22-15-3-1-2-14(15)18(26)24(13)19/h7,9,12-13H,1-6,8,10-11H2,(H,20,25). The van der Waals surface area contributed by atoms with Crippen LogP contribution in [-0.2, 0) is 24.2 Å². The molecule has 1 unspecified atom stereocenters. The number of carbonyl (C=O) groups excluding carboxylic acids is 1. The van der Waals surface area contributed by atoms with Gasteiger partial charge in [-0.2, -0.15) is 0 Å². The lowest BCUT2D eigenvalue weighted by atomic mass is 10.2. The zero-order valence-corrected chi connectivity index (χ0v) is 16.0. The minimum Gasteiger partial charge on any atom is -0.354 e. The molecule has 0 spiro atoms. The quantitative estimate of drug-likeness (QED) is 0.765. The van der Waals surface area contributed by atoms with E-state index >= 15 is 0 Å². The third-order valence-electron chi connectivity index (χ3n) is 5.66. The minimum atomic E-state index is -0.0915. The van der Waals surface area contributed by atoms with E-state index in [4.69, 9.17) is 0 Å². The van der Waals surface area contributed by atoms with Crippen LogP contribution in [0.1, 0.15) is 54.7 Å². The number of imidazole rings is 1. The van der Waals surface area contributed by atoms with Gasteiger partial charge in [-0.1, -0.05) is 11.8 Å². The molecule has 1 atom stereocenters. The maximum absolute atomic E-state index is 12.8. The molecule has 142 valence electrons. The largest absolute Gasteiger partial charge is 0.354 e. The fourth-order valence-corrected chi connectivity index (χ4v) is 5.27. The monoisotopic (exact) mass is 385 g/mol. The Hall–Kier alpha value is -2.09. The van der Waals surface area contributed by atoms with E-state index in [-0.39, 0.29) is 17.5 Å². The van der Waals surface area contributed by atoms with Crippen LogP contribution in [0.3, 0.4) is 0 Å². The Labute approximate surface area is 161 Å². The molecule has 0 saturated heterocycles. The summed E-state index contributed by atoms with van der Waals surface area (Å²) in [6, 6.07) is -0.0915. The normalized spacial score (nSPS) is 20.5. The van der Waals surface area contributed by atoms with Crippen molar-refractivity contribution in [2.24, 2.45) is 0 Å². The number of hydrogen-bond donors (Lipinski definition) is 1. The molecule has 7 nitrogen and oxygen atoms in total. The van der Waals surface area contributed by atoms with E-state index in [2.05, 4.69) is 19.9 Å². The molecule has 2 aliphatic carbocycles. The number of carbonyl (C=O) groups is 1. The topological polar surface area (TPSA) is 81.8 Å². The second kappa shape index (κ2) is 6.82. The van der Waals surface area contributed by atoms with Crippen molar-refractivity contribution in [2.45, 2.75) is 62.2 Å². The van der Waals surface area contributed by atoms with Gasteiger partial charge in [-0.05, 0) is 32.1 Å². The second-order valence-electron chi connectivity index (χ2n) is 7.62. The third kappa shape index (κ3) is 3.20. The number of nitrogens with zero attached hydrogens (tertiary/aromatic N) is 4. The van der Waals surface area contributed by atoms with Crippen LogP contribution in [0.25, 0.3) is 0 Å². The van der Waals surface area contributed by atoms with E-state index in [9.17, 15) is 9.59 Å². The van der Waals surface area contributed by atoms with E-state index in [0.29, 0.717) is 18.9 Å². The molecule has 3 heterocycles. The van der Waals surface area contributed by atoms with Gasteiger partial charge in [-0.15, -0.1) is 0 Å². The lowest BCUT2D eigenvalue weighted by Crippen LogP contribution is -2.33. The number of aryl methyl sites for hydroxylation is 1. The number of fused-ring (bicyclic) bond motifs is 2. The average Bonchev–Trinajstić information content (AvgIpc) is 3.06. The first kappa shape index (κ1) is 17.0. The van der Waals surface area contributed by atoms with Crippen molar-refractivity contribution in [3.63, 3.8) is 0 Å². The van der Waals surface area contributed by atoms with E-state index in [1.54, 1.807) is 16.3 Å². The molecule has 27 heavy (non-hydrogen) atoms. The first-order valence-electron chi connectivity index (χ1n) is 9.75. The van der Waals surface area contributed by atoms with Crippen molar-refractivity contribution >= 4 is 17.7 Å². The molecular formula is C19H23N5O2S. The molecule has 1 N–H and O–H groups in total. The first-order chi connectivity index (χ1) is 13.2. The average molecular weight is 385 g/mol. The predicted molar refractivity (Wildman–Crippen MR) is 102 cm³/mol. The Morgan fingerprint density at radius 1 is 1.33 bits per heavy atom. The zero-order valence-electron chi connectivity index (χ0n) is 15.2. The third-order valence-corrected chi connectivity index (χ3v) is 6.76. The summed E-state index contributed by atoms with van der Waals surface area (Å²) in [6.45, 7) is 1.32. The Bertz CT molecular complexity index is 946. The second-order valence-corrected chi connectivity index (χ2v) is 8.61. The van der Waals surface area contributed by atoms with Crippen molar-refractivity contribution < 1.29 is 4.79 Å². The molecule has 2 aromatic rings. The van der Waals surface area contributed by atoms with Crippen LogP contribution in [0.4, 0.5) is 0 Å². The smallest absolute Gasteiger partial charge is 0.257 e. The number of nitrogens with one attached hydrogen (secondary N) is 1. The lowest BCUT2D eigenvalue weighted by molar-refractivity contribution is -0.121. The van der Waals surface area contributed by atoms with Gasteiger partial charge < -0.3 is 9.88 Å². The summed E-state index contributed by atoms with van der Waals surface area (Å²) in [7, 11) is 0. The van der Waals surface area contributed by atoms with Gasteiger partial charge in [0.1, 0.15) is 5.82 Å². The minimum absolute atomic E-state index is 0.00562. The van der Waals surface area contributed by atoms with Crippen LogP contribution in [0.15, 0.2) is 22.3 Å².